The van der Waals surface area contributed by atoms with E-state index in [4.69, 9.17) is 0 Å². The lowest BCUT2D eigenvalue weighted by Gasteiger charge is -2.08. The average Bonchev–Trinajstić information content (AvgIpc) is 1.97. The zero-order valence-electron chi connectivity index (χ0n) is 7.33. The molecule has 2 heteroatoms. The molecule has 11 heavy (non-hydrogen) atoms. The van der Waals surface area contributed by atoms with Crippen LogP contribution in [0.15, 0.2) is 0 Å². The van der Waals surface area contributed by atoms with E-state index in [2.05, 4.69) is 55.3 Å². The Morgan fingerprint density at radius 1 is 0.909 bits per heavy atom. The summed E-state index contributed by atoms with van der Waals surface area (Å²) in [6.45, 7) is 8.36. The zero-order chi connectivity index (χ0) is 8.59. The second-order valence-electron chi connectivity index (χ2n) is 2.85. The van der Waals surface area contributed by atoms with Crippen molar-refractivity contribution in [1.82, 2.24) is 4.98 Å². The molecule has 1 nitrogen and oxygen atoms in total. The molecule has 0 fully saturated rings. The fraction of sp³-hybridized carbons (Fsp3) is 0.444. The molecule has 0 aliphatic rings. The molecular weight excluding hydrogens is 249 g/mol. The second kappa shape index (κ2) is 3.09. The smallest absolute Gasteiger partial charge is 0.0415 e. The van der Waals surface area contributed by atoms with Crippen LogP contribution in [0.5, 0.6) is 0 Å². The Hall–Kier alpha value is -0.120. The fourth-order valence-electron chi connectivity index (χ4n) is 1.02. The van der Waals surface area contributed by atoms with Gasteiger partial charge in [0.2, 0.25) is 0 Å². The first-order chi connectivity index (χ1) is 5.04. The van der Waals surface area contributed by atoms with Crippen LogP contribution in [0.25, 0.3) is 0 Å². The van der Waals surface area contributed by atoms with E-state index in [1.807, 2.05) is 0 Å². The average molecular weight is 261 g/mol. The number of rotatable bonds is 0. The lowest BCUT2D eigenvalue weighted by atomic mass is 10.1. The van der Waals surface area contributed by atoms with E-state index in [9.17, 15) is 0 Å². The van der Waals surface area contributed by atoms with Crippen molar-refractivity contribution < 1.29 is 0 Å². The maximum absolute atomic E-state index is 4.43. The standard InChI is InChI=1S/C9H12IN/c1-5-7(3)11-8(4)6(2)9(5)10/h1-4H3. The molecule has 1 rings (SSSR count). The van der Waals surface area contributed by atoms with Crippen LogP contribution >= 0.6 is 22.6 Å². The molecule has 1 heterocycles. The number of halogens is 1. The first-order valence-electron chi connectivity index (χ1n) is 3.64. The molecular formula is C9H12IN. The van der Waals surface area contributed by atoms with E-state index in [0.29, 0.717) is 0 Å². The Bertz CT molecular complexity index is 266. The van der Waals surface area contributed by atoms with Gasteiger partial charge in [-0.25, -0.2) is 0 Å². The molecule has 0 unspecified atom stereocenters. The van der Waals surface area contributed by atoms with Crippen molar-refractivity contribution in [3.63, 3.8) is 0 Å². The number of hydrogen-bond acceptors (Lipinski definition) is 1. The monoisotopic (exact) mass is 261 g/mol. The van der Waals surface area contributed by atoms with E-state index in [0.717, 1.165) is 11.4 Å². The Kier molecular flexibility index (Phi) is 2.52. The fourth-order valence-corrected chi connectivity index (χ4v) is 1.80. The topological polar surface area (TPSA) is 12.9 Å². The Balaban J connectivity index is 3.46. The summed E-state index contributed by atoms with van der Waals surface area (Å²) in [6, 6.07) is 0. The maximum atomic E-state index is 4.43. The number of aromatic nitrogens is 1. The lowest BCUT2D eigenvalue weighted by Crippen LogP contribution is -1.98. The minimum atomic E-state index is 1.15. The molecule has 0 radical (unpaired) electrons. The number of hydrogen-bond donors (Lipinski definition) is 0. The normalized spacial score (nSPS) is 10.3. The van der Waals surface area contributed by atoms with Crippen molar-refractivity contribution in [3.05, 3.63) is 26.1 Å². The van der Waals surface area contributed by atoms with Gasteiger partial charge in [0.15, 0.2) is 0 Å². The third-order valence-corrected chi connectivity index (χ3v) is 3.70. The second-order valence-corrected chi connectivity index (χ2v) is 3.93. The molecule has 0 spiro atoms. The highest BCUT2D eigenvalue weighted by molar-refractivity contribution is 14.1. The van der Waals surface area contributed by atoms with Crippen LogP contribution in [0.2, 0.25) is 0 Å². The van der Waals surface area contributed by atoms with Gasteiger partial charge in [0.1, 0.15) is 0 Å². The number of nitrogens with zero attached hydrogens (tertiary/aromatic N) is 1. The van der Waals surface area contributed by atoms with E-state index in [1.54, 1.807) is 0 Å². The molecule has 0 N–H and O–H groups in total. The number of aryl methyl sites for hydroxylation is 2. The molecule has 0 saturated heterocycles. The van der Waals surface area contributed by atoms with Gasteiger partial charge in [-0.1, -0.05) is 0 Å². The summed E-state index contributed by atoms with van der Waals surface area (Å²) in [5, 5.41) is 0. The van der Waals surface area contributed by atoms with Crippen LogP contribution in [0.1, 0.15) is 22.5 Å². The van der Waals surface area contributed by atoms with Crippen molar-refractivity contribution in [3.8, 4) is 0 Å². The predicted octanol–water partition coefficient (Wildman–Crippen LogP) is 2.92. The number of pyridine rings is 1. The Morgan fingerprint density at radius 3 is 1.64 bits per heavy atom. The van der Waals surface area contributed by atoms with Crippen molar-refractivity contribution in [2.75, 3.05) is 0 Å². The van der Waals surface area contributed by atoms with E-state index in [1.165, 1.54) is 14.7 Å². The van der Waals surface area contributed by atoms with E-state index >= 15 is 0 Å². The van der Waals surface area contributed by atoms with Gasteiger partial charge < -0.3 is 0 Å². The van der Waals surface area contributed by atoms with Crippen LogP contribution < -0.4 is 0 Å². The van der Waals surface area contributed by atoms with Crippen molar-refractivity contribution in [2.24, 2.45) is 0 Å². The van der Waals surface area contributed by atoms with Gasteiger partial charge in [-0.05, 0) is 61.4 Å². The van der Waals surface area contributed by atoms with E-state index < -0.39 is 0 Å². The molecule has 60 valence electrons. The van der Waals surface area contributed by atoms with Gasteiger partial charge in [-0.3, -0.25) is 4.98 Å². The van der Waals surface area contributed by atoms with Crippen molar-refractivity contribution >= 4 is 22.6 Å². The van der Waals surface area contributed by atoms with Crippen molar-refractivity contribution in [2.45, 2.75) is 27.7 Å². The minimum Gasteiger partial charge on any atom is -0.258 e. The largest absolute Gasteiger partial charge is 0.258 e. The first kappa shape index (κ1) is 8.97. The maximum Gasteiger partial charge on any atom is 0.0415 e. The SMILES string of the molecule is Cc1nc(C)c(C)c(I)c1C. The van der Waals surface area contributed by atoms with Crippen LogP contribution in [0.3, 0.4) is 0 Å². The molecule has 0 amide bonds. The van der Waals surface area contributed by atoms with Gasteiger partial charge >= 0.3 is 0 Å². The molecule has 0 atom stereocenters. The molecule has 1 aromatic heterocycles. The minimum absolute atomic E-state index is 1.15. The summed E-state index contributed by atoms with van der Waals surface area (Å²) < 4.78 is 1.35. The van der Waals surface area contributed by atoms with Crippen molar-refractivity contribution in [1.29, 1.82) is 0 Å². The molecule has 0 aromatic carbocycles. The summed E-state index contributed by atoms with van der Waals surface area (Å²) in [5.74, 6) is 0. The highest BCUT2D eigenvalue weighted by Gasteiger charge is 2.05. The summed E-state index contributed by atoms with van der Waals surface area (Å²) in [7, 11) is 0. The highest BCUT2D eigenvalue weighted by Crippen LogP contribution is 2.19. The van der Waals surface area contributed by atoms with Crippen LogP contribution in [0, 0.1) is 31.3 Å². The Labute approximate surface area is 81.4 Å². The zero-order valence-corrected chi connectivity index (χ0v) is 9.48. The Morgan fingerprint density at radius 2 is 1.27 bits per heavy atom. The quantitative estimate of drug-likeness (QED) is 0.654. The van der Waals surface area contributed by atoms with Gasteiger partial charge in [-0.2, -0.15) is 0 Å². The van der Waals surface area contributed by atoms with Crippen LogP contribution in [-0.4, -0.2) is 4.98 Å². The van der Waals surface area contributed by atoms with Crippen LogP contribution in [0.4, 0.5) is 0 Å². The molecule has 0 aliphatic heterocycles. The van der Waals surface area contributed by atoms with Gasteiger partial charge in [0.05, 0.1) is 0 Å². The van der Waals surface area contributed by atoms with Gasteiger partial charge in [-0.15, -0.1) is 0 Å². The van der Waals surface area contributed by atoms with E-state index in [-0.39, 0.29) is 0 Å². The molecule has 0 aliphatic carbocycles. The third-order valence-electron chi connectivity index (χ3n) is 2.08. The highest BCUT2D eigenvalue weighted by atomic mass is 127. The molecule has 1 aromatic rings. The molecule has 0 bridgehead atoms. The van der Waals surface area contributed by atoms with Crippen LogP contribution in [-0.2, 0) is 0 Å². The van der Waals surface area contributed by atoms with Gasteiger partial charge in [0.25, 0.3) is 0 Å². The summed E-state index contributed by atoms with van der Waals surface area (Å²) >= 11 is 2.38. The molecule has 0 saturated carbocycles. The lowest BCUT2D eigenvalue weighted by molar-refractivity contribution is 1.04. The first-order valence-corrected chi connectivity index (χ1v) is 4.71. The summed E-state index contributed by atoms with van der Waals surface area (Å²) in [6.07, 6.45) is 0. The van der Waals surface area contributed by atoms with Gasteiger partial charge in [0, 0.05) is 15.0 Å². The summed E-state index contributed by atoms with van der Waals surface area (Å²) in [4.78, 5) is 4.43. The summed E-state index contributed by atoms with van der Waals surface area (Å²) in [5.41, 5.74) is 4.93. The predicted molar refractivity (Wildman–Crippen MR) is 55.9 cm³/mol. The third kappa shape index (κ3) is 1.55.